The molecule has 1 fully saturated rings. The third kappa shape index (κ3) is 7.16. The molecule has 0 radical (unpaired) electrons. The van der Waals surface area contributed by atoms with Crippen LogP contribution in [0.1, 0.15) is 48.8 Å². The SMILES string of the molecule is O=C(NC1CCCC1)[C@@H](Cc1ccccc1)N(Cc1ccc(F)cc1)C(=O)CCc1ccc2c(c1)OCCO2. The average molecular weight is 531 g/mol. The molecule has 0 saturated heterocycles. The molecule has 1 aliphatic heterocycles. The van der Waals surface area contributed by atoms with Crippen LogP contribution < -0.4 is 14.8 Å². The van der Waals surface area contributed by atoms with E-state index in [9.17, 15) is 14.0 Å². The zero-order valence-corrected chi connectivity index (χ0v) is 22.1. The van der Waals surface area contributed by atoms with Gasteiger partial charge in [0.1, 0.15) is 25.1 Å². The van der Waals surface area contributed by atoms with Gasteiger partial charge in [-0.25, -0.2) is 4.39 Å². The van der Waals surface area contributed by atoms with Gasteiger partial charge in [0.25, 0.3) is 0 Å². The summed E-state index contributed by atoms with van der Waals surface area (Å²) in [5.41, 5.74) is 2.72. The van der Waals surface area contributed by atoms with Crippen molar-refractivity contribution in [2.45, 2.75) is 63.6 Å². The number of carbonyl (C=O) groups is 2. The zero-order chi connectivity index (χ0) is 27.0. The number of fused-ring (bicyclic) bond motifs is 1. The van der Waals surface area contributed by atoms with E-state index in [1.54, 1.807) is 17.0 Å². The highest BCUT2D eigenvalue weighted by molar-refractivity contribution is 5.88. The van der Waals surface area contributed by atoms with E-state index in [4.69, 9.17) is 9.47 Å². The van der Waals surface area contributed by atoms with Crippen LogP contribution in [0.5, 0.6) is 11.5 Å². The maximum Gasteiger partial charge on any atom is 0.243 e. The van der Waals surface area contributed by atoms with Gasteiger partial charge < -0.3 is 19.7 Å². The smallest absolute Gasteiger partial charge is 0.243 e. The molecule has 3 aromatic rings. The van der Waals surface area contributed by atoms with Gasteiger partial charge in [0, 0.05) is 25.4 Å². The Morgan fingerprint density at radius 3 is 2.31 bits per heavy atom. The van der Waals surface area contributed by atoms with Gasteiger partial charge in [-0.3, -0.25) is 9.59 Å². The second-order valence-electron chi connectivity index (χ2n) is 10.3. The number of benzene rings is 3. The van der Waals surface area contributed by atoms with Crippen molar-refractivity contribution in [3.05, 3.63) is 95.3 Å². The number of nitrogens with one attached hydrogen (secondary N) is 1. The van der Waals surface area contributed by atoms with Crippen molar-refractivity contribution >= 4 is 11.8 Å². The van der Waals surface area contributed by atoms with Gasteiger partial charge in [-0.15, -0.1) is 0 Å². The van der Waals surface area contributed by atoms with Crippen molar-refractivity contribution < 1.29 is 23.5 Å². The van der Waals surface area contributed by atoms with Crippen LogP contribution in [0.15, 0.2) is 72.8 Å². The Bertz CT molecular complexity index is 1260. The van der Waals surface area contributed by atoms with Crippen LogP contribution in [-0.4, -0.2) is 42.0 Å². The molecule has 1 heterocycles. The summed E-state index contributed by atoms with van der Waals surface area (Å²) in [5.74, 6) is 0.792. The fraction of sp³-hybridized carbons (Fsp3) is 0.375. The lowest BCUT2D eigenvalue weighted by atomic mass is 10.0. The van der Waals surface area contributed by atoms with E-state index in [2.05, 4.69) is 5.32 Å². The molecule has 6 nitrogen and oxygen atoms in total. The number of halogens is 1. The Hall–Kier alpha value is -3.87. The maximum atomic E-state index is 13.9. The summed E-state index contributed by atoms with van der Waals surface area (Å²) in [6.45, 7) is 1.24. The molecule has 0 unspecified atom stereocenters. The number of carbonyl (C=O) groups excluding carboxylic acids is 2. The number of amides is 2. The summed E-state index contributed by atoms with van der Waals surface area (Å²) in [6, 6.07) is 21.1. The van der Waals surface area contributed by atoms with Crippen molar-refractivity contribution in [2.75, 3.05) is 13.2 Å². The molecule has 1 N–H and O–H groups in total. The van der Waals surface area contributed by atoms with Gasteiger partial charge >= 0.3 is 0 Å². The summed E-state index contributed by atoms with van der Waals surface area (Å²) >= 11 is 0. The number of nitrogens with zero attached hydrogens (tertiary/aromatic N) is 1. The van der Waals surface area contributed by atoms with Crippen molar-refractivity contribution in [1.82, 2.24) is 10.2 Å². The first-order chi connectivity index (χ1) is 19.0. The second kappa shape index (κ2) is 12.8. The Balaban J connectivity index is 1.39. The molecule has 2 aliphatic rings. The number of aryl methyl sites for hydroxylation is 1. The first-order valence-corrected chi connectivity index (χ1v) is 13.8. The molecule has 1 aliphatic carbocycles. The van der Waals surface area contributed by atoms with E-state index in [-0.39, 0.29) is 36.6 Å². The van der Waals surface area contributed by atoms with Crippen molar-refractivity contribution in [2.24, 2.45) is 0 Å². The maximum absolute atomic E-state index is 13.9. The fourth-order valence-electron chi connectivity index (χ4n) is 5.35. The largest absolute Gasteiger partial charge is 0.486 e. The van der Waals surface area contributed by atoms with Gasteiger partial charge in [-0.2, -0.15) is 0 Å². The van der Waals surface area contributed by atoms with Crippen molar-refractivity contribution in [3.63, 3.8) is 0 Å². The van der Waals surface area contributed by atoms with Crippen molar-refractivity contribution in [3.8, 4) is 11.5 Å². The minimum Gasteiger partial charge on any atom is -0.486 e. The average Bonchev–Trinajstić information content (AvgIpc) is 3.48. The first kappa shape index (κ1) is 26.7. The van der Waals surface area contributed by atoms with Gasteiger partial charge in [-0.05, 0) is 60.2 Å². The second-order valence-corrected chi connectivity index (χ2v) is 10.3. The lowest BCUT2D eigenvalue weighted by Gasteiger charge is -2.32. The van der Waals surface area contributed by atoms with E-state index < -0.39 is 6.04 Å². The van der Waals surface area contributed by atoms with Gasteiger partial charge in [-0.1, -0.05) is 61.4 Å². The van der Waals surface area contributed by atoms with Crippen molar-refractivity contribution in [1.29, 1.82) is 0 Å². The van der Waals surface area contributed by atoms with Gasteiger partial charge in [0.15, 0.2) is 11.5 Å². The molecule has 2 amide bonds. The highest BCUT2D eigenvalue weighted by Crippen LogP contribution is 2.31. The van der Waals surface area contributed by atoms with Crippen LogP contribution in [0.4, 0.5) is 4.39 Å². The molecular formula is C32H35FN2O4. The van der Waals surface area contributed by atoms with Gasteiger partial charge in [0.05, 0.1) is 0 Å². The van der Waals surface area contributed by atoms with Crippen LogP contribution >= 0.6 is 0 Å². The number of ether oxygens (including phenoxy) is 2. The summed E-state index contributed by atoms with van der Waals surface area (Å²) in [5, 5.41) is 3.21. The van der Waals surface area contributed by atoms with E-state index in [0.717, 1.165) is 42.4 Å². The summed E-state index contributed by atoms with van der Waals surface area (Å²) in [7, 11) is 0. The Morgan fingerprint density at radius 2 is 1.56 bits per heavy atom. The molecular weight excluding hydrogens is 495 g/mol. The molecule has 39 heavy (non-hydrogen) atoms. The van der Waals surface area contributed by atoms with Crippen LogP contribution in [0, 0.1) is 5.82 Å². The third-order valence-corrected chi connectivity index (χ3v) is 7.47. The topological polar surface area (TPSA) is 67.9 Å². The van der Waals surface area contributed by atoms with Crippen LogP contribution in [-0.2, 0) is 29.0 Å². The molecule has 1 saturated carbocycles. The summed E-state index contributed by atoms with van der Waals surface area (Å²) in [4.78, 5) is 29.3. The molecule has 0 aromatic heterocycles. The molecule has 3 aromatic carbocycles. The van der Waals surface area contributed by atoms with Crippen LogP contribution in [0.2, 0.25) is 0 Å². The third-order valence-electron chi connectivity index (χ3n) is 7.47. The monoisotopic (exact) mass is 530 g/mol. The molecule has 5 rings (SSSR count). The molecule has 204 valence electrons. The lowest BCUT2D eigenvalue weighted by Crippen LogP contribution is -2.52. The van der Waals surface area contributed by atoms with E-state index in [1.165, 1.54) is 12.1 Å². The van der Waals surface area contributed by atoms with E-state index in [0.29, 0.717) is 37.6 Å². The predicted molar refractivity (Wildman–Crippen MR) is 147 cm³/mol. The summed E-state index contributed by atoms with van der Waals surface area (Å²) < 4.78 is 25.0. The number of hydrogen-bond donors (Lipinski definition) is 1. The predicted octanol–water partition coefficient (Wildman–Crippen LogP) is 5.23. The number of hydrogen-bond acceptors (Lipinski definition) is 4. The Kier molecular flexibility index (Phi) is 8.76. The molecule has 1 atom stereocenters. The zero-order valence-electron chi connectivity index (χ0n) is 22.1. The highest BCUT2D eigenvalue weighted by atomic mass is 19.1. The van der Waals surface area contributed by atoms with E-state index >= 15 is 0 Å². The number of rotatable bonds is 10. The Labute approximate surface area is 229 Å². The highest BCUT2D eigenvalue weighted by Gasteiger charge is 2.32. The summed E-state index contributed by atoms with van der Waals surface area (Å²) in [6.07, 6.45) is 5.24. The molecule has 0 bridgehead atoms. The molecule has 7 heteroatoms. The first-order valence-electron chi connectivity index (χ1n) is 13.8. The van der Waals surface area contributed by atoms with Crippen LogP contribution in [0.25, 0.3) is 0 Å². The minimum absolute atomic E-state index is 0.128. The Morgan fingerprint density at radius 1 is 0.872 bits per heavy atom. The normalized spacial score (nSPS) is 15.5. The minimum atomic E-state index is -0.689. The standard InChI is InChI=1S/C32H35FN2O4/c33-26-14-10-25(11-15-26)22-35(31(36)17-13-24-12-16-29-30(21-24)39-19-18-38-29)28(20-23-6-2-1-3-7-23)32(37)34-27-8-4-5-9-27/h1-3,6-7,10-12,14-16,21,27-28H,4-5,8-9,13,17-20,22H2,(H,34,37)/t28-/m1/s1. The lowest BCUT2D eigenvalue weighted by molar-refractivity contribution is -0.141. The molecule has 0 spiro atoms. The van der Waals surface area contributed by atoms with E-state index in [1.807, 2.05) is 48.5 Å². The fourth-order valence-corrected chi connectivity index (χ4v) is 5.35. The van der Waals surface area contributed by atoms with Gasteiger partial charge in [0.2, 0.25) is 11.8 Å². The quantitative estimate of drug-likeness (QED) is 0.390. The van der Waals surface area contributed by atoms with Crippen LogP contribution in [0.3, 0.4) is 0 Å².